The van der Waals surface area contributed by atoms with Crippen LogP contribution in [0.15, 0.2) is 64.2 Å². The Balaban J connectivity index is 2.14. The first-order valence-corrected chi connectivity index (χ1v) is 8.85. The van der Waals surface area contributed by atoms with Gasteiger partial charge in [-0.3, -0.25) is 0 Å². The molecule has 0 spiro atoms. The molecule has 0 aliphatic carbocycles. The third-order valence-electron chi connectivity index (χ3n) is 2.97. The molecule has 0 amide bonds. The van der Waals surface area contributed by atoms with Crippen molar-refractivity contribution in [1.29, 1.82) is 0 Å². The second-order valence-electron chi connectivity index (χ2n) is 4.76. The summed E-state index contributed by atoms with van der Waals surface area (Å²) >= 11 is 1.09. The van der Waals surface area contributed by atoms with Crippen LogP contribution >= 0.6 is 11.8 Å². The molecule has 0 saturated carbocycles. The number of aryl methyl sites for hydroxylation is 1. The molecule has 0 aromatic heterocycles. The van der Waals surface area contributed by atoms with E-state index in [-0.39, 0.29) is 9.99 Å². The van der Waals surface area contributed by atoms with Gasteiger partial charge in [0.15, 0.2) is 9.84 Å². The minimum Gasteiger partial charge on any atom is -0.398 e. The van der Waals surface area contributed by atoms with Crippen molar-refractivity contribution < 1.29 is 8.42 Å². The van der Waals surface area contributed by atoms with E-state index in [4.69, 9.17) is 5.73 Å². The maximum atomic E-state index is 12.3. The second-order valence-corrected chi connectivity index (χ2v) is 8.16. The molecule has 0 heterocycles. The molecule has 0 saturated heterocycles. The van der Waals surface area contributed by atoms with Crippen LogP contribution in [0.3, 0.4) is 0 Å². The Kier molecular flexibility index (Phi) is 4.75. The lowest BCUT2D eigenvalue weighted by atomic mass is 10.2. The Hall–Kier alpha value is -1.72. The zero-order valence-corrected chi connectivity index (χ0v) is 13.4. The van der Waals surface area contributed by atoms with Gasteiger partial charge in [0, 0.05) is 10.6 Å². The summed E-state index contributed by atoms with van der Waals surface area (Å²) in [7, 11) is -3.43. The first kappa shape index (κ1) is 15.7. The fraction of sp³-hybridized carbons (Fsp3) is 0.125. The van der Waals surface area contributed by atoms with Gasteiger partial charge < -0.3 is 5.73 Å². The van der Waals surface area contributed by atoms with Crippen molar-refractivity contribution in [3.05, 3.63) is 70.5 Å². The summed E-state index contributed by atoms with van der Waals surface area (Å²) in [5.74, 6) is -0.0498. The average molecular weight is 319 g/mol. The molecule has 2 aromatic carbocycles. The summed E-state index contributed by atoms with van der Waals surface area (Å²) in [6.07, 6.45) is 0. The first-order chi connectivity index (χ1) is 9.88. The van der Waals surface area contributed by atoms with Crippen molar-refractivity contribution in [2.45, 2.75) is 17.6 Å². The molecule has 0 aliphatic heterocycles. The topological polar surface area (TPSA) is 60.2 Å². The summed E-state index contributed by atoms with van der Waals surface area (Å²) in [5.41, 5.74) is 8.23. The lowest BCUT2D eigenvalue weighted by Gasteiger charge is -2.09. The molecule has 2 rings (SSSR count). The van der Waals surface area contributed by atoms with E-state index in [9.17, 15) is 8.42 Å². The molecule has 5 heteroatoms. The van der Waals surface area contributed by atoms with E-state index in [0.29, 0.717) is 10.6 Å². The lowest BCUT2D eigenvalue weighted by molar-refractivity contribution is 0.603. The van der Waals surface area contributed by atoms with Crippen LogP contribution in [0.4, 0.5) is 5.69 Å². The van der Waals surface area contributed by atoms with Crippen molar-refractivity contribution in [3.63, 3.8) is 0 Å². The first-order valence-electron chi connectivity index (χ1n) is 6.38. The monoisotopic (exact) mass is 319 g/mol. The zero-order chi connectivity index (χ0) is 15.5. The molecule has 0 fully saturated rings. The van der Waals surface area contributed by atoms with Crippen LogP contribution in [-0.2, 0) is 15.6 Å². The van der Waals surface area contributed by atoms with E-state index in [1.54, 1.807) is 12.1 Å². The van der Waals surface area contributed by atoms with Crippen molar-refractivity contribution >= 4 is 27.3 Å². The largest absolute Gasteiger partial charge is 0.398 e. The van der Waals surface area contributed by atoms with Crippen LogP contribution in [-0.4, -0.2) is 8.42 Å². The van der Waals surface area contributed by atoms with Gasteiger partial charge in [0.25, 0.3) is 0 Å². The Bertz CT molecular complexity index is 750. The number of rotatable bonds is 5. The van der Waals surface area contributed by atoms with Crippen LogP contribution < -0.4 is 5.73 Å². The molecular formula is C16H17NO2S2. The van der Waals surface area contributed by atoms with E-state index < -0.39 is 9.84 Å². The second kappa shape index (κ2) is 6.37. The smallest absolute Gasteiger partial charge is 0.188 e. The fourth-order valence-corrected chi connectivity index (χ4v) is 4.07. The minimum absolute atomic E-state index is 0.0498. The standard InChI is InChI=1S/C16H17NO2S2/c1-12-7-9-14(10-8-12)11-21(18,19)13(2)20-16-6-4-3-5-15(16)17/h3-10H,2,11,17H2,1H3. The predicted molar refractivity (Wildman–Crippen MR) is 89.7 cm³/mol. The summed E-state index contributed by atoms with van der Waals surface area (Å²) in [5, 5.41) is 0. The Morgan fingerprint density at radius 1 is 1.14 bits per heavy atom. The molecule has 0 aliphatic rings. The molecule has 0 radical (unpaired) electrons. The third-order valence-corrected chi connectivity index (χ3v) is 6.21. The molecule has 110 valence electrons. The molecule has 0 unspecified atom stereocenters. The number of para-hydroxylation sites is 1. The minimum atomic E-state index is -3.43. The molecule has 21 heavy (non-hydrogen) atoms. The van der Waals surface area contributed by atoms with Crippen LogP contribution in [0.2, 0.25) is 0 Å². The van der Waals surface area contributed by atoms with Crippen molar-refractivity contribution in [1.82, 2.24) is 0 Å². The van der Waals surface area contributed by atoms with Gasteiger partial charge in [-0.05, 0) is 24.6 Å². The highest BCUT2D eigenvalue weighted by Gasteiger charge is 2.18. The predicted octanol–water partition coefficient (Wildman–Crippen LogP) is 3.76. The van der Waals surface area contributed by atoms with Crippen LogP contribution in [0.1, 0.15) is 11.1 Å². The molecule has 2 N–H and O–H groups in total. The van der Waals surface area contributed by atoms with E-state index >= 15 is 0 Å². The number of sulfone groups is 1. The van der Waals surface area contributed by atoms with Gasteiger partial charge >= 0.3 is 0 Å². The van der Waals surface area contributed by atoms with Crippen molar-refractivity contribution in [2.75, 3.05) is 5.73 Å². The van der Waals surface area contributed by atoms with Crippen LogP contribution in [0.25, 0.3) is 0 Å². The highest BCUT2D eigenvalue weighted by Crippen LogP contribution is 2.34. The zero-order valence-electron chi connectivity index (χ0n) is 11.7. The molecular weight excluding hydrogens is 302 g/mol. The summed E-state index contributed by atoms with van der Waals surface area (Å²) < 4.78 is 24.8. The number of hydrogen-bond acceptors (Lipinski definition) is 4. The molecule has 0 bridgehead atoms. The van der Waals surface area contributed by atoms with E-state index in [1.165, 1.54) is 0 Å². The van der Waals surface area contributed by atoms with E-state index in [1.807, 2.05) is 43.3 Å². The quantitative estimate of drug-likeness (QED) is 0.673. The normalized spacial score (nSPS) is 11.3. The van der Waals surface area contributed by atoms with Gasteiger partial charge in [-0.25, -0.2) is 8.42 Å². The van der Waals surface area contributed by atoms with Gasteiger partial charge in [0.1, 0.15) is 0 Å². The van der Waals surface area contributed by atoms with Crippen LogP contribution in [0.5, 0.6) is 0 Å². The maximum Gasteiger partial charge on any atom is 0.188 e. The van der Waals surface area contributed by atoms with E-state index in [0.717, 1.165) is 22.9 Å². The van der Waals surface area contributed by atoms with Gasteiger partial charge in [-0.2, -0.15) is 0 Å². The number of nitrogens with two attached hydrogens (primary N) is 1. The Morgan fingerprint density at radius 2 is 1.76 bits per heavy atom. The molecule has 3 nitrogen and oxygen atoms in total. The Labute approximate surface area is 129 Å². The lowest BCUT2D eigenvalue weighted by Crippen LogP contribution is -2.05. The molecule has 2 aromatic rings. The number of nitrogen functional groups attached to an aromatic ring is 1. The maximum absolute atomic E-state index is 12.3. The highest BCUT2D eigenvalue weighted by atomic mass is 32.3. The summed E-state index contributed by atoms with van der Waals surface area (Å²) in [6, 6.07) is 14.6. The fourth-order valence-electron chi connectivity index (χ4n) is 1.74. The van der Waals surface area contributed by atoms with Crippen LogP contribution in [0, 0.1) is 6.92 Å². The number of benzene rings is 2. The SMILES string of the molecule is C=C(Sc1ccccc1N)S(=O)(=O)Cc1ccc(C)cc1. The van der Waals surface area contributed by atoms with E-state index in [2.05, 4.69) is 6.58 Å². The number of hydrogen-bond donors (Lipinski definition) is 1. The van der Waals surface area contributed by atoms with Crippen molar-refractivity contribution in [3.8, 4) is 0 Å². The number of thioether (sulfide) groups is 1. The van der Waals surface area contributed by atoms with Gasteiger partial charge in [-0.1, -0.05) is 60.3 Å². The number of anilines is 1. The summed E-state index contributed by atoms with van der Waals surface area (Å²) in [6.45, 7) is 5.66. The van der Waals surface area contributed by atoms with Gasteiger partial charge in [-0.15, -0.1) is 0 Å². The Morgan fingerprint density at radius 3 is 2.38 bits per heavy atom. The molecule has 0 atom stereocenters. The summed E-state index contributed by atoms with van der Waals surface area (Å²) in [4.78, 5) is 0.704. The average Bonchev–Trinajstić information content (AvgIpc) is 2.43. The van der Waals surface area contributed by atoms with Gasteiger partial charge in [0.05, 0.1) is 9.99 Å². The highest BCUT2D eigenvalue weighted by molar-refractivity contribution is 8.18. The third kappa shape index (κ3) is 4.12. The van der Waals surface area contributed by atoms with Crippen molar-refractivity contribution in [2.24, 2.45) is 0 Å². The van der Waals surface area contributed by atoms with Gasteiger partial charge in [0.2, 0.25) is 0 Å².